The van der Waals surface area contributed by atoms with E-state index in [0.717, 1.165) is 38.2 Å². The minimum atomic E-state index is -0.306. The second kappa shape index (κ2) is 7.96. The van der Waals surface area contributed by atoms with Crippen molar-refractivity contribution in [2.75, 3.05) is 26.2 Å². The summed E-state index contributed by atoms with van der Waals surface area (Å²) in [6.45, 7) is 6.30. The summed E-state index contributed by atoms with van der Waals surface area (Å²) in [6.07, 6.45) is 4.73. The molecule has 0 saturated carbocycles. The van der Waals surface area contributed by atoms with Crippen molar-refractivity contribution in [3.63, 3.8) is 0 Å². The monoisotopic (exact) mass is 298 g/mol. The lowest BCUT2D eigenvalue weighted by atomic mass is 9.98. The molecule has 1 heterocycles. The summed E-state index contributed by atoms with van der Waals surface area (Å²) in [7, 11) is 0. The average molecular weight is 299 g/mol. The molecule has 0 spiro atoms. The Bertz CT molecular complexity index is 419. The van der Waals surface area contributed by atoms with Gasteiger partial charge < -0.3 is 5.32 Å². The van der Waals surface area contributed by atoms with Gasteiger partial charge in [0, 0.05) is 32.2 Å². The van der Waals surface area contributed by atoms with E-state index >= 15 is 0 Å². The van der Waals surface area contributed by atoms with Crippen LogP contribution in [0.25, 0.3) is 0 Å². The molecule has 0 aromatic heterocycles. The van der Waals surface area contributed by atoms with Crippen molar-refractivity contribution < 1.29 is 4.39 Å². The summed E-state index contributed by atoms with van der Waals surface area (Å²) < 4.78 is 13.7. The van der Waals surface area contributed by atoms with E-state index < -0.39 is 0 Å². The van der Waals surface area contributed by atoms with Gasteiger partial charge in [-0.15, -0.1) is 0 Å². The summed E-state index contributed by atoms with van der Waals surface area (Å²) >= 11 is 5.80. The van der Waals surface area contributed by atoms with Gasteiger partial charge in [0.2, 0.25) is 0 Å². The molecule has 0 amide bonds. The van der Waals surface area contributed by atoms with Crippen LogP contribution in [0.5, 0.6) is 0 Å². The summed E-state index contributed by atoms with van der Waals surface area (Å²) in [5, 5.41) is 3.58. The number of hydrogen-bond acceptors (Lipinski definition) is 2. The molecule has 0 radical (unpaired) electrons. The van der Waals surface area contributed by atoms with Gasteiger partial charge in [0.05, 0.1) is 5.02 Å². The fraction of sp³-hybridized carbons (Fsp3) is 0.625. The lowest BCUT2D eigenvalue weighted by molar-refractivity contribution is 0.162. The molecule has 1 aromatic rings. The van der Waals surface area contributed by atoms with Gasteiger partial charge in [0.1, 0.15) is 5.82 Å². The van der Waals surface area contributed by atoms with Gasteiger partial charge in [-0.3, -0.25) is 4.90 Å². The largest absolute Gasteiger partial charge is 0.314 e. The van der Waals surface area contributed by atoms with Crippen LogP contribution in [0.15, 0.2) is 18.2 Å². The SMILES string of the molecule is CCCCC[C@@H](c1ccc(Cl)c(F)c1)N1CCNCC1. The van der Waals surface area contributed by atoms with Crippen LogP contribution < -0.4 is 5.32 Å². The molecule has 2 rings (SSSR count). The number of benzene rings is 1. The Morgan fingerprint density at radius 3 is 2.70 bits per heavy atom. The normalized spacial score (nSPS) is 18.1. The van der Waals surface area contributed by atoms with Gasteiger partial charge in [0.25, 0.3) is 0 Å². The number of rotatable bonds is 6. The van der Waals surface area contributed by atoms with Crippen LogP contribution in [0.4, 0.5) is 4.39 Å². The lowest BCUT2D eigenvalue weighted by Gasteiger charge is -2.35. The van der Waals surface area contributed by atoms with E-state index in [4.69, 9.17) is 11.6 Å². The molecular formula is C16H24ClFN2. The van der Waals surface area contributed by atoms with E-state index in [2.05, 4.69) is 17.1 Å². The third-order valence-electron chi connectivity index (χ3n) is 4.00. The van der Waals surface area contributed by atoms with Crippen LogP contribution in [-0.2, 0) is 0 Å². The first-order valence-corrected chi connectivity index (χ1v) is 8.00. The van der Waals surface area contributed by atoms with E-state index in [-0.39, 0.29) is 10.8 Å². The maximum atomic E-state index is 13.7. The van der Waals surface area contributed by atoms with E-state index in [9.17, 15) is 4.39 Å². The highest BCUT2D eigenvalue weighted by molar-refractivity contribution is 6.30. The van der Waals surface area contributed by atoms with Crippen molar-refractivity contribution in [3.05, 3.63) is 34.6 Å². The number of nitrogens with zero attached hydrogens (tertiary/aromatic N) is 1. The van der Waals surface area contributed by atoms with Crippen LogP contribution in [0.3, 0.4) is 0 Å². The molecule has 1 saturated heterocycles. The first-order chi connectivity index (χ1) is 9.72. The fourth-order valence-corrected chi connectivity index (χ4v) is 2.98. The molecule has 1 N–H and O–H groups in total. The molecule has 20 heavy (non-hydrogen) atoms. The topological polar surface area (TPSA) is 15.3 Å². The summed E-state index contributed by atoms with van der Waals surface area (Å²) in [5.41, 5.74) is 1.06. The van der Waals surface area contributed by atoms with E-state index in [1.807, 2.05) is 6.07 Å². The number of unbranched alkanes of at least 4 members (excludes halogenated alkanes) is 2. The first kappa shape index (κ1) is 15.7. The average Bonchev–Trinajstić information content (AvgIpc) is 2.48. The standard InChI is InChI=1S/C16H24ClFN2/c1-2-3-4-5-16(20-10-8-19-9-11-20)13-6-7-14(17)15(18)12-13/h6-7,12,16,19H,2-5,8-11H2,1H3/t16-/m0/s1. The van der Waals surface area contributed by atoms with Crippen molar-refractivity contribution in [1.82, 2.24) is 10.2 Å². The van der Waals surface area contributed by atoms with Crippen molar-refractivity contribution in [2.45, 2.75) is 38.6 Å². The third kappa shape index (κ3) is 4.18. The molecular weight excluding hydrogens is 275 g/mol. The van der Waals surface area contributed by atoms with Crippen molar-refractivity contribution in [1.29, 1.82) is 0 Å². The Kier molecular flexibility index (Phi) is 6.27. The molecule has 1 aliphatic heterocycles. The maximum Gasteiger partial charge on any atom is 0.142 e. The minimum absolute atomic E-state index is 0.210. The van der Waals surface area contributed by atoms with Gasteiger partial charge in [-0.2, -0.15) is 0 Å². The van der Waals surface area contributed by atoms with Crippen LogP contribution in [0.2, 0.25) is 5.02 Å². The van der Waals surface area contributed by atoms with Crippen LogP contribution in [0.1, 0.15) is 44.2 Å². The molecule has 1 fully saturated rings. The van der Waals surface area contributed by atoms with E-state index in [0.29, 0.717) is 6.04 Å². The Hall–Kier alpha value is -0.640. The molecule has 0 bridgehead atoms. The van der Waals surface area contributed by atoms with E-state index in [1.54, 1.807) is 12.1 Å². The highest BCUT2D eigenvalue weighted by Crippen LogP contribution is 2.29. The minimum Gasteiger partial charge on any atom is -0.314 e. The highest BCUT2D eigenvalue weighted by atomic mass is 35.5. The van der Waals surface area contributed by atoms with Crippen molar-refractivity contribution in [2.24, 2.45) is 0 Å². The molecule has 112 valence electrons. The number of piperazine rings is 1. The Labute approximate surface area is 126 Å². The van der Waals surface area contributed by atoms with Crippen LogP contribution >= 0.6 is 11.6 Å². The Balaban J connectivity index is 2.12. The van der Waals surface area contributed by atoms with Gasteiger partial charge in [-0.25, -0.2) is 4.39 Å². The zero-order valence-corrected chi connectivity index (χ0v) is 12.9. The van der Waals surface area contributed by atoms with Gasteiger partial charge >= 0.3 is 0 Å². The second-order valence-electron chi connectivity index (χ2n) is 5.47. The van der Waals surface area contributed by atoms with E-state index in [1.165, 1.54) is 19.3 Å². The summed E-state index contributed by atoms with van der Waals surface area (Å²) in [6, 6.07) is 5.59. The Morgan fingerprint density at radius 1 is 1.30 bits per heavy atom. The molecule has 2 nitrogen and oxygen atoms in total. The van der Waals surface area contributed by atoms with Gasteiger partial charge in [-0.1, -0.05) is 43.9 Å². The third-order valence-corrected chi connectivity index (χ3v) is 4.31. The first-order valence-electron chi connectivity index (χ1n) is 7.62. The second-order valence-corrected chi connectivity index (χ2v) is 5.88. The zero-order chi connectivity index (χ0) is 14.4. The Morgan fingerprint density at radius 2 is 2.05 bits per heavy atom. The molecule has 4 heteroatoms. The van der Waals surface area contributed by atoms with Gasteiger partial charge in [0.15, 0.2) is 0 Å². The smallest absolute Gasteiger partial charge is 0.142 e. The summed E-state index contributed by atoms with van der Waals surface area (Å²) in [4.78, 5) is 2.47. The molecule has 1 aliphatic rings. The molecule has 1 atom stereocenters. The van der Waals surface area contributed by atoms with Crippen molar-refractivity contribution in [3.8, 4) is 0 Å². The number of hydrogen-bond donors (Lipinski definition) is 1. The molecule has 0 aliphatic carbocycles. The highest BCUT2D eigenvalue weighted by Gasteiger charge is 2.22. The quantitative estimate of drug-likeness (QED) is 0.799. The predicted octanol–water partition coefficient (Wildman–Crippen LogP) is 4.01. The number of nitrogens with one attached hydrogen (secondary N) is 1. The van der Waals surface area contributed by atoms with Crippen LogP contribution in [0, 0.1) is 5.82 Å². The lowest BCUT2D eigenvalue weighted by Crippen LogP contribution is -2.45. The zero-order valence-electron chi connectivity index (χ0n) is 12.2. The summed E-state index contributed by atoms with van der Waals surface area (Å²) in [5.74, 6) is -0.306. The van der Waals surface area contributed by atoms with Crippen molar-refractivity contribution >= 4 is 11.6 Å². The molecule has 0 unspecified atom stereocenters. The molecule has 1 aromatic carbocycles. The predicted molar refractivity (Wildman–Crippen MR) is 82.7 cm³/mol. The maximum absolute atomic E-state index is 13.7. The van der Waals surface area contributed by atoms with Gasteiger partial charge in [-0.05, 0) is 24.1 Å². The fourth-order valence-electron chi connectivity index (χ4n) is 2.86. The number of halogens is 2. The van der Waals surface area contributed by atoms with Crippen LogP contribution in [-0.4, -0.2) is 31.1 Å².